The van der Waals surface area contributed by atoms with Gasteiger partial charge >= 0.3 is 0 Å². The Balaban J connectivity index is 1.65. The third-order valence-corrected chi connectivity index (χ3v) is 8.00. The molecule has 0 radical (unpaired) electrons. The Morgan fingerprint density at radius 2 is 0.923 bits per heavy atom. The van der Waals surface area contributed by atoms with E-state index in [9.17, 15) is 0 Å². The maximum atomic E-state index is 2.46. The number of benzene rings is 5. The van der Waals surface area contributed by atoms with Gasteiger partial charge in [0, 0.05) is 16.5 Å². The fourth-order valence-corrected chi connectivity index (χ4v) is 6.21. The maximum absolute atomic E-state index is 2.46. The van der Waals surface area contributed by atoms with Crippen LogP contribution in [-0.4, -0.2) is 4.57 Å². The SMILES string of the molecule is Cc1cc(C)cc(-c2ccc3c(c2)c2cc(-c4cc(C)cc(C)c4)ccc2n3-c2ccc(C(C)C)cc2C)c1. The molecule has 0 unspecified atom stereocenters. The fourth-order valence-electron chi connectivity index (χ4n) is 6.21. The molecular weight excluding hydrogens is 470 g/mol. The lowest BCUT2D eigenvalue weighted by Crippen LogP contribution is -1.99. The van der Waals surface area contributed by atoms with E-state index in [0.29, 0.717) is 5.92 Å². The van der Waals surface area contributed by atoms with E-state index < -0.39 is 0 Å². The van der Waals surface area contributed by atoms with E-state index in [2.05, 4.69) is 144 Å². The van der Waals surface area contributed by atoms with Crippen LogP contribution in [0.15, 0.2) is 91.0 Å². The first-order valence-corrected chi connectivity index (χ1v) is 14.0. The summed E-state index contributed by atoms with van der Waals surface area (Å²) in [5, 5.41) is 2.58. The van der Waals surface area contributed by atoms with Gasteiger partial charge in [-0.1, -0.05) is 96.8 Å². The maximum Gasteiger partial charge on any atom is 0.0541 e. The van der Waals surface area contributed by atoms with Crippen LogP contribution in [0.2, 0.25) is 0 Å². The van der Waals surface area contributed by atoms with Gasteiger partial charge in [-0.15, -0.1) is 0 Å². The van der Waals surface area contributed by atoms with Crippen LogP contribution < -0.4 is 0 Å². The Kier molecular flexibility index (Phi) is 6.19. The molecular formula is C38H37N. The summed E-state index contributed by atoms with van der Waals surface area (Å²) in [6, 6.07) is 34.6. The van der Waals surface area contributed by atoms with E-state index in [-0.39, 0.29) is 0 Å². The molecule has 0 bridgehead atoms. The molecule has 1 nitrogen and oxygen atoms in total. The number of nitrogens with zero attached hydrogens (tertiary/aromatic N) is 1. The summed E-state index contributed by atoms with van der Waals surface area (Å²) in [4.78, 5) is 0. The predicted molar refractivity (Wildman–Crippen MR) is 169 cm³/mol. The van der Waals surface area contributed by atoms with Gasteiger partial charge in [0.05, 0.1) is 11.0 Å². The van der Waals surface area contributed by atoms with Crippen LogP contribution in [0.4, 0.5) is 0 Å². The van der Waals surface area contributed by atoms with Crippen molar-refractivity contribution in [3.63, 3.8) is 0 Å². The molecule has 6 aromatic rings. The molecule has 1 aromatic heterocycles. The lowest BCUT2D eigenvalue weighted by molar-refractivity contribution is 0.863. The first kappa shape index (κ1) is 25.2. The molecule has 0 spiro atoms. The molecule has 0 aliphatic carbocycles. The topological polar surface area (TPSA) is 4.93 Å². The molecule has 0 aliphatic heterocycles. The molecule has 0 saturated carbocycles. The summed E-state index contributed by atoms with van der Waals surface area (Å²) in [5.74, 6) is 0.511. The Bertz CT molecular complexity index is 1730. The molecule has 0 atom stereocenters. The molecule has 0 amide bonds. The predicted octanol–water partition coefficient (Wildman–Crippen LogP) is 10.8. The minimum Gasteiger partial charge on any atom is -0.309 e. The Hall–Kier alpha value is -4.10. The van der Waals surface area contributed by atoms with E-state index in [0.717, 1.165) is 0 Å². The van der Waals surface area contributed by atoms with Crippen LogP contribution in [0.25, 0.3) is 49.7 Å². The smallest absolute Gasteiger partial charge is 0.0541 e. The van der Waals surface area contributed by atoms with Gasteiger partial charge in [0.2, 0.25) is 0 Å². The van der Waals surface area contributed by atoms with E-state index >= 15 is 0 Å². The van der Waals surface area contributed by atoms with Gasteiger partial charge in [-0.3, -0.25) is 0 Å². The average molecular weight is 508 g/mol. The summed E-state index contributed by atoms with van der Waals surface area (Å²) >= 11 is 0. The van der Waals surface area contributed by atoms with Crippen LogP contribution >= 0.6 is 0 Å². The number of hydrogen-bond acceptors (Lipinski definition) is 0. The monoisotopic (exact) mass is 507 g/mol. The summed E-state index contributed by atoms with van der Waals surface area (Å²) < 4.78 is 2.46. The summed E-state index contributed by atoms with van der Waals surface area (Å²) in [5.41, 5.74) is 16.7. The average Bonchev–Trinajstić information content (AvgIpc) is 3.20. The number of fused-ring (bicyclic) bond motifs is 3. The molecule has 0 fully saturated rings. The zero-order valence-electron chi connectivity index (χ0n) is 24.2. The van der Waals surface area contributed by atoms with Crippen molar-refractivity contribution in [2.24, 2.45) is 0 Å². The van der Waals surface area contributed by atoms with Gasteiger partial charge in [0.15, 0.2) is 0 Å². The second-order valence-corrected chi connectivity index (χ2v) is 11.8. The van der Waals surface area contributed by atoms with Gasteiger partial charge in [-0.25, -0.2) is 0 Å². The molecule has 6 rings (SSSR count). The molecule has 1 heteroatoms. The molecule has 1 heterocycles. The first-order chi connectivity index (χ1) is 18.7. The highest BCUT2D eigenvalue weighted by atomic mass is 15.0. The van der Waals surface area contributed by atoms with E-state index in [1.54, 1.807) is 0 Å². The molecule has 0 saturated heterocycles. The fraction of sp³-hybridized carbons (Fsp3) is 0.211. The van der Waals surface area contributed by atoms with Gasteiger partial charge in [0.1, 0.15) is 0 Å². The highest BCUT2D eigenvalue weighted by Crippen LogP contribution is 2.38. The zero-order valence-corrected chi connectivity index (χ0v) is 24.2. The molecule has 5 aromatic carbocycles. The van der Waals surface area contributed by atoms with Crippen LogP contribution in [0.5, 0.6) is 0 Å². The lowest BCUT2D eigenvalue weighted by Gasteiger charge is -2.14. The van der Waals surface area contributed by atoms with E-state index in [4.69, 9.17) is 0 Å². The van der Waals surface area contributed by atoms with Crippen LogP contribution in [0, 0.1) is 34.6 Å². The van der Waals surface area contributed by atoms with Crippen LogP contribution in [0.3, 0.4) is 0 Å². The number of aromatic nitrogens is 1. The highest BCUT2D eigenvalue weighted by molar-refractivity contribution is 6.11. The number of rotatable bonds is 4. The third-order valence-electron chi connectivity index (χ3n) is 8.00. The normalized spacial score (nSPS) is 11.7. The van der Waals surface area contributed by atoms with E-state index in [1.807, 2.05) is 0 Å². The Labute approximate surface area is 232 Å². The Morgan fingerprint density at radius 1 is 0.462 bits per heavy atom. The summed E-state index contributed by atoms with van der Waals surface area (Å²) in [7, 11) is 0. The first-order valence-electron chi connectivity index (χ1n) is 14.0. The molecule has 0 aliphatic rings. The second kappa shape index (κ2) is 9.58. The van der Waals surface area contributed by atoms with Gasteiger partial charge in [0.25, 0.3) is 0 Å². The van der Waals surface area contributed by atoms with Crippen molar-refractivity contribution in [1.82, 2.24) is 4.57 Å². The van der Waals surface area contributed by atoms with Gasteiger partial charge in [-0.05, 0) is 104 Å². The van der Waals surface area contributed by atoms with Crippen LogP contribution in [0.1, 0.15) is 53.1 Å². The van der Waals surface area contributed by atoms with Crippen molar-refractivity contribution >= 4 is 21.8 Å². The minimum atomic E-state index is 0.511. The minimum absolute atomic E-state index is 0.511. The largest absolute Gasteiger partial charge is 0.309 e. The second-order valence-electron chi connectivity index (χ2n) is 11.8. The highest BCUT2D eigenvalue weighted by Gasteiger charge is 2.17. The number of hydrogen-bond donors (Lipinski definition) is 0. The van der Waals surface area contributed by atoms with Crippen molar-refractivity contribution < 1.29 is 0 Å². The van der Waals surface area contributed by atoms with Crippen molar-refractivity contribution in [3.8, 4) is 27.9 Å². The molecule has 194 valence electrons. The third kappa shape index (κ3) is 4.57. The van der Waals surface area contributed by atoms with E-state index in [1.165, 1.54) is 83.1 Å². The quantitative estimate of drug-likeness (QED) is 0.224. The van der Waals surface area contributed by atoms with Crippen molar-refractivity contribution in [2.45, 2.75) is 54.4 Å². The number of aryl methyl sites for hydroxylation is 5. The summed E-state index contributed by atoms with van der Waals surface area (Å²) in [6.45, 7) is 15.5. The standard InChI is InChI=1S/C38H37N/c1-23(2)29-8-11-36(28(7)20-29)39-37-12-9-30(32-16-24(3)14-25(4)17-32)21-34(37)35-22-31(10-13-38(35)39)33-18-26(5)15-27(6)19-33/h8-23H,1-7H3. The van der Waals surface area contributed by atoms with Gasteiger partial charge in [-0.2, -0.15) is 0 Å². The zero-order chi connectivity index (χ0) is 27.4. The van der Waals surface area contributed by atoms with Crippen molar-refractivity contribution in [1.29, 1.82) is 0 Å². The van der Waals surface area contributed by atoms with Crippen molar-refractivity contribution in [3.05, 3.63) is 124 Å². The Morgan fingerprint density at radius 3 is 1.33 bits per heavy atom. The van der Waals surface area contributed by atoms with Crippen molar-refractivity contribution in [2.75, 3.05) is 0 Å². The lowest BCUT2D eigenvalue weighted by atomic mass is 9.97. The molecule has 39 heavy (non-hydrogen) atoms. The molecule has 0 N–H and O–H groups in total. The van der Waals surface area contributed by atoms with Crippen LogP contribution in [-0.2, 0) is 0 Å². The summed E-state index contributed by atoms with van der Waals surface area (Å²) in [6.07, 6.45) is 0. The van der Waals surface area contributed by atoms with Gasteiger partial charge < -0.3 is 4.57 Å².